The first-order valence-electron chi connectivity index (χ1n) is 9.69. The third-order valence-corrected chi connectivity index (χ3v) is 5.74. The maximum atomic E-state index is 13.4. The number of hydrogen-bond donors (Lipinski definition) is 2. The molecular weight excluding hydrogens is 411 g/mol. The van der Waals surface area contributed by atoms with Crippen LogP contribution in [0.3, 0.4) is 0 Å². The maximum absolute atomic E-state index is 13.4. The predicted molar refractivity (Wildman–Crippen MR) is 121 cm³/mol. The number of anilines is 1. The minimum atomic E-state index is -0.307. The van der Waals surface area contributed by atoms with Gasteiger partial charge < -0.3 is 10.3 Å². The van der Waals surface area contributed by atoms with Gasteiger partial charge in [0.1, 0.15) is 16.6 Å². The second kappa shape index (κ2) is 8.12. The molecule has 0 fully saturated rings. The molecule has 0 aliphatic rings. The van der Waals surface area contributed by atoms with Gasteiger partial charge in [0, 0.05) is 22.2 Å². The number of aromatic nitrogens is 3. The Bertz CT molecular complexity index is 1340. The summed E-state index contributed by atoms with van der Waals surface area (Å²) in [5.41, 5.74) is 4.89. The smallest absolute Gasteiger partial charge is 0.230 e. The van der Waals surface area contributed by atoms with E-state index in [0.717, 1.165) is 22.4 Å². The summed E-state index contributed by atoms with van der Waals surface area (Å²) in [6.07, 6.45) is 0.150. The Morgan fingerprint density at radius 1 is 0.968 bits per heavy atom. The zero-order chi connectivity index (χ0) is 21.2. The predicted octanol–water partition coefficient (Wildman–Crippen LogP) is 5.67. The number of H-pyrrole nitrogens is 1. The summed E-state index contributed by atoms with van der Waals surface area (Å²) in [6, 6.07) is 21.7. The van der Waals surface area contributed by atoms with E-state index in [4.69, 9.17) is 0 Å². The molecule has 5 aromatic rings. The molecule has 0 aliphatic heterocycles. The van der Waals surface area contributed by atoms with Gasteiger partial charge in [0.15, 0.2) is 0 Å². The van der Waals surface area contributed by atoms with Gasteiger partial charge >= 0.3 is 0 Å². The third kappa shape index (κ3) is 4.22. The number of para-hydroxylation sites is 2. The molecule has 2 aromatic heterocycles. The number of aromatic amines is 1. The summed E-state index contributed by atoms with van der Waals surface area (Å²) < 4.78 is 13.4. The van der Waals surface area contributed by atoms with E-state index in [9.17, 15) is 9.18 Å². The van der Waals surface area contributed by atoms with Crippen LogP contribution in [0, 0.1) is 5.82 Å². The summed E-state index contributed by atoms with van der Waals surface area (Å²) in [5.74, 6) is 0.317. The lowest BCUT2D eigenvalue weighted by Gasteiger charge is -2.05. The number of nitrogens with zero attached hydrogens (tertiary/aromatic N) is 2. The molecule has 0 unspecified atom stereocenters. The Balaban J connectivity index is 1.24. The van der Waals surface area contributed by atoms with Crippen LogP contribution in [0.4, 0.5) is 10.1 Å². The average Bonchev–Trinajstić information content (AvgIpc) is 3.41. The van der Waals surface area contributed by atoms with Gasteiger partial charge in [-0.1, -0.05) is 24.3 Å². The summed E-state index contributed by atoms with van der Waals surface area (Å²) >= 11 is 1.39. The van der Waals surface area contributed by atoms with E-state index < -0.39 is 0 Å². The second-order valence-corrected chi connectivity index (χ2v) is 7.92. The number of nitrogens with one attached hydrogen (secondary N) is 2. The molecule has 2 N–H and O–H groups in total. The molecule has 31 heavy (non-hydrogen) atoms. The summed E-state index contributed by atoms with van der Waals surface area (Å²) in [6.45, 7) is 0. The van der Waals surface area contributed by atoms with Gasteiger partial charge in [0.2, 0.25) is 5.91 Å². The van der Waals surface area contributed by atoms with Gasteiger partial charge in [-0.2, -0.15) is 0 Å². The highest BCUT2D eigenvalue weighted by Crippen LogP contribution is 2.25. The average molecular weight is 428 g/mol. The highest BCUT2D eigenvalue weighted by Gasteiger charge is 2.11. The molecule has 5 nitrogen and oxygen atoms in total. The van der Waals surface area contributed by atoms with Crippen molar-refractivity contribution in [2.24, 2.45) is 0 Å². The molecule has 0 bridgehead atoms. The van der Waals surface area contributed by atoms with Crippen molar-refractivity contribution in [3.63, 3.8) is 0 Å². The number of benzene rings is 3. The number of hydrogen-bond acceptors (Lipinski definition) is 4. The van der Waals surface area contributed by atoms with Gasteiger partial charge in [0.05, 0.1) is 23.1 Å². The fourth-order valence-electron chi connectivity index (χ4n) is 3.31. The lowest BCUT2D eigenvalue weighted by Crippen LogP contribution is -2.14. The Morgan fingerprint density at radius 3 is 2.61 bits per heavy atom. The lowest BCUT2D eigenvalue weighted by atomic mass is 10.2. The van der Waals surface area contributed by atoms with E-state index in [-0.39, 0.29) is 18.1 Å². The molecule has 0 radical (unpaired) electrons. The largest absolute Gasteiger partial charge is 0.338 e. The van der Waals surface area contributed by atoms with Crippen LogP contribution >= 0.6 is 11.3 Å². The number of imidazole rings is 1. The molecule has 0 aliphatic carbocycles. The van der Waals surface area contributed by atoms with Gasteiger partial charge in [0.25, 0.3) is 0 Å². The van der Waals surface area contributed by atoms with Gasteiger partial charge in [-0.3, -0.25) is 4.79 Å². The number of rotatable bonds is 5. The molecule has 3 aromatic carbocycles. The first-order valence-corrected chi connectivity index (χ1v) is 10.6. The molecule has 0 saturated carbocycles. The van der Waals surface area contributed by atoms with Crippen LogP contribution in [-0.2, 0) is 11.2 Å². The first-order chi connectivity index (χ1) is 15.1. The summed E-state index contributed by atoms with van der Waals surface area (Å²) in [5, 5.41) is 5.40. The fourth-order valence-corrected chi connectivity index (χ4v) is 4.13. The van der Waals surface area contributed by atoms with Crippen LogP contribution in [0.1, 0.15) is 5.69 Å². The SMILES string of the molecule is O=C(Cc1csc(-c2cccc(F)c2)n1)Nc1ccc(-c2nc3ccccc3[nH]2)cc1. The number of thiazole rings is 1. The molecule has 0 saturated heterocycles. The molecule has 7 heteroatoms. The standard InChI is InChI=1S/C24H17FN4OS/c25-17-5-3-4-16(12-17)24-27-19(14-31-24)13-22(30)26-18-10-8-15(9-11-18)23-28-20-6-1-2-7-21(20)29-23/h1-12,14H,13H2,(H,26,30)(H,28,29). The number of amides is 1. The van der Waals surface area contributed by atoms with Gasteiger partial charge in [-0.25, -0.2) is 14.4 Å². The van der Waals surface area contributed by atoms with Crippen molar-refractivity contribution >= 4 is 34.0 Å². The maximum Gasteiger partial charge on any atom is 0.230 e. The fraction of sp³-hybridized carbons (Fsp3) is 0.0417. The van der Waals surface area contributed by atoms with Crippen LogP contribution in [0.25, 0.3) is 33.0 Å². The van der Waals surface area contributed by atoms with E-state index in [0.29, 0.717) is 22.0 Å². The van der Waals surface area contributed by atoms with Crippen LogP contribution in [0.5, 0.6) is 0 Å². The normalized spacial score (nSPS) is 11.0. The highest BCUT2D eigenvalue weighted by molar-refractivity contribution is 7.13. The summed E-state index contributed by atoms with van der Waals surface area (Å²) in [4.78, 5) is 24.8. The Kier molecular flexibility index (Phi) is 5.01. The first kappa shape index (κ1) is 19.1. The van der Waals surface area contributed by atoms with Crippen LogP contribution < -0.4 is 5.32 Å². The van der Waals surface area contributed by atoms with E-state index >= 15 is 0 Å². The molecular formula is C24H17FN4OS. The van der Waals surface area contributed by atoms with Gasteiger partial charge in [-0.05, 0) is 48.5 Å². The molecule has 0 atom stereocenters. The molecule has 152 valence electrons. The zero-order valence-corrected chi connectivity index (χ0v) is 17.1. The lowest BCUT2D eigenvalue weighted by molar-refractivity contribution is -0.115. The number of carbonyl (C=O) groups is 1. The van der Waals surface area contributed by atoms with E-state index in [1.54, 1.807) is 12.1 Å². The number of halogens is 1. The van der Waals surface area contributed by atoms with Crippen LogP contribution in [0.2, 0.25) is 0 Å². The van der Waals surface area contributed by atoms with Crippen molar-refractivity contribution in [2.45, 2.75) is 6.42 Å². The molecule has 1 amide bonds. The zero-order valence-electron chi connectivity index (χ0n) is 16.3. The monoisotopic (exact) mass is 428 g/mol. The molecule has 5 rings (SSSR count). The Morgan fingerprint density at radius 2 is 1.81 bits per heavy atom. The van der Waals surface area contributed by atoms with Crippen molar-refractivity contribution < 1.29 is 9.18 Å². The van der Waals surface area contributed by atoms with Gasteiger partial charge in [-0.15, -0.1) is 11.3 Å². The van der Waals surface area contributed by atoms with Crippen LogP contribution in [0.15, 0.2) is 78.2 Å². The van der Waals surface area contributed by atoms with Crippen molar-refractivity contribution in [1.29, 1.82) is 0 Å². The minimum Gasteiger partial charge on any atom is -0.338 e. The Hall–Kier alpha value is -3.84. The molecule has 0 spiro atoms. The van der Waals surface area contributed by atoms with Crippen molar-refractivity contribution in [3.05, 3.63) is 89.7 Å². The second-order valence-electron chi connectivity index (χ2n) is 7.06. The van der Waals surface area contributed by atoms with Crippen LogP contribution in [-0.4, -0.2) is 20.9 Å². The van der Waals surface area contributed by atoms with E-state index in [2.05, 4.69) is 20.3 Å². The molecule has 2 heterocycles. The Labute approximate surface area is 181 Å². The van der Waals surface area contributed by atoms with Crippen molar-refractivity contribution in [1.82, 2.24) is 15.0 Å². The minimum absolute atomic E-state index is 0.150. The van der Waals surface area contributed by atoms with Crippen molar-refractivity contribution in [2.75, 3.05) is 5.32 Å². The van der Waals surface area contributed by atoms with E-state index in [1.807, 2.05) is 53.9 Å². The highest BCUT2D eigenvalue weighted by atomic mass is 32.1. The topological polar surface area (TPSA) is 70.7 Å². The summed E-state index contributed by atoms with van der Waals surface area (Å²) in [7, 11) is 0. The third-order valence-electron chi connectivity index (χ3n) is 4.80. The van der Waals surface area contributed by atoms with E-state index in [1.165, 1.54) is 23.5 Å². The van der Waals surface area contributed by atoms with Crippen molar-refractivity contribution in [3.8, 4) is 22.0 Å². The quantitative estimate of drug-likeness (QED) is 0.379. The number of fused-ring (bicyclic) bond motifs is 1. The number of carbonyl (C=O) groups excluding carboxylic acids is 1.